The number of benzene rings is 2. The standard InChI is InChI=1S/C29H31N3O8/c1-12(33)31-16-6-4-5-13(8-16)17-11-19(32(2)3)18-9-14-7-15-10-20(34)23(28(30)39)27(38)29(15,40)26(37)21(14)25(36)22(18)24(17)35/h4-6,8,11,14-15,20,23,34-36,40H,7,9-10H2,1-3H3,(H2,30,39)(H,31,33)/t14-,15+,20?,23?,29+/m1/s1. The molecule has 2 fully saturated rings. The number of hydrogen-bond donors (Lipinski definition) is 6. The smallest absolute Gasteiger partial charge is 0.230 e. The van der Waals surface area contributed by atoms with Crippen LogP contribution in [-0.2, 0) is 25.6 Å². The Morgan fingerprint density at radius 2 is 1.82 bits per heavy atom. The van der Waals surface area contributed by atoms with Gasteiger partial charge in [-0.3, -0.25) is 19.2 Å². The van der Waals surface area contributed by atoms with Crippen LogP contribution in [0.25, 0.3) is 16.9 Å². The molecule has 5 atom stereocenters. The van der Waals surface area contributed by atoms with E-state index in [9.17, 15) is 39.6 Å². The lowest BCUT2D eigenvalue weighted by Gasteiger charge is -2.48. The van der Waals surface area contributed by atoms with Crippen molar-refractivity contribution >= 4 is 40.5 Å². The number of ketones is 2. The van der Waals surface area contributed by atoms with Crippen molar-refractivity contribution in [1.29, 1.82) is 0 Å². The number of anilines is 2. The Bertz CT molecular complexity index is 1510. The quantitative estimate of drug-likeness (QED) is 0.305. The summed E-state index contributed by atoms with van der Waals surface area (Å²) in [5.41, 5.74) is 5.06. The minimum Gasteiger partial charge on any atom is -0.507 e. The van der Waals surface area contributed by atoms with Crippen LogP contribution in [0.2, 0.25) is 0 Å². The Morgan fingerprint density at radius 3 is 2.45 bits per heavy atom. The largest absolute Gasteiger partial charge is 0.507 e. The molecule has 11 nitrogen and oxygen atoms in total. The number of fused-ring (bicyclic) bond motifs is 3. The first-order valence-electron chi connectivity index (χ1n) is 12.9. The molecule has 0 radical (unpaired) electrons. The first-order valence-corrected chi connectivity index (χ1v) is 12.9. The lowest BCUT2D eigenvalue weighted by atomic mass is 9.56. The first kappa shape index (κ1) is 27.4. The average Bonchev–Trinajstić information content (AvgIpc) is 2.85. The number of primary amides is 1. The van der Waals surface area contributed by atoms with Crippen LogP contribution in [-0.4, -0.2) is 69.6 Å². The molecule has 3 aliphatic carbocycles. The number of aromatic hydroxyl groups is 1. The van der Waals surface area contributed by atoms with Gasteiger partial charge in [-0.2, -0.15) is 0 Å². The van der Waals surface area contributed by atoms with Crippen molar-refractivity contribution in [2.24, 2.45) is 23.5 Å². The molecule has 2 unspecified atom stereocenters. The Balaban J connectivity index is 1.69. The highest BCUT2D eigenvalue weighted by atomic mass is 16.3. The number of phenolic OH excluding ortho intramolecular Hbond substituents is 1. The Morgan fingerprint density at radius 1 is 1.12 bits per heavy atom. The molecular weight excluding hydrogens is 518 g/mol. The Kier molecular flexibility index (Phi) is 6.47. The van der Waals surface area contributed by atoms with Crippen molar-refractivity contribution in [3.05, 3.63) is 47.0 Å². The van der Waals surface area contributed by atoms with Gasteiger partial charge in [0.1, 0.15) is 17.4 Å². The number of hydrogen-bond acceptors (Lipinski definition) is 9. The second kappa shape index (κ2) is 9.46. The Hall–Kier alpha value is -4.22. The second-order valence-corrected chi connectivity index (χ2v) is 11.0. The van der Waals surface area contributed by atoms with Gasteiger partial charge in [0.25, 0.3) is 0 Å². The van der Waals surface area contributed by atoms with Crippen LogP contribution in [0, 0.1) is 17.8 Å². The van der Waals surface area contributed by atoms with E-state index in [4.69, 9.17) is 5.73 Å². The number of carbonyl (C=O) groups is 4. The fourth-order valence-corrected chi connectivity index (χ4v) is 6.56. The van der Waals surface area contributed by atoms with E-state index in [1.54, 1.807) is 44.4 Å². The van der Waals surface area contributed by atoms with E-state index in [0.29, 0.717) is 28.1 Å². The minimum atomic E-state index is -2.64. The fraction of sp³-hybridized carbons (Fsp3) is 0.379. The summed E-state index contributed by atoms with van der Waals surface area (Å²) in [6.07, 6.45) is -1.32. The van der Waals surface area contributed by atoms with Crippen LogP contribution < -0.4 is 16.0 Å². The molecule has 0 bridgehead atoms. The summed E-state index contributed by atoms with van der Waals surface area (Å²) in [6.45, 7) is 1.37. The molecule has 2 saturated carbocycles. The topological polar surface area (TPSA) is 190 Å². The number of amides is 2. The highest BCUT2D eigenvalue weighted by molar-refractivity contribution is 6.24. The highest BCUT2D eigenvalue weighted by Crippen LogP contribution is 2.54. The molecule has 0 aromatic heterocycles. The molecule has 40 heavy (non-hydrogen) atoms. The van der Waals surface area contributed by atoms with E-state index < -0.39 is 52.7 Å². The van der Waals surface area contributed by atoms with Crippen molar-refractivity contribution in [1.82, 2.24) is 0 Å². The van der Waals surface area contributed by atoms with Crippen molar-refractivity contribution in [2.75, 3.05) is 24.3 Å². The molecular formula is C29H31N3O8. The average molecular weight is 550 g/mol. The van der Waals surface area contributed by atoms with Gasteiger partial charge in [0.2, 0.25) is 17.6 Å². The number of Topliss-reactive ketones (excluding diaryl/α,β-unsaturated/α-hetero) is 2. The van der Waals surface area contributed by atoms with E-state index in [1.165, 1.54) is 6.92 Å². The van der Waals surface area contributed by atoms with E-state index in [-0.39, 0.29) is 42.1 Å². The lowest BCUT2D eigenvalue weighted by molar-refractivity contribution is -0.174. The van der Waals surface area contributed by atoms with Gasteiger partial charge in [0.05, 0.1) is 11.7 Å². The van der Waals surface area contributed by atoms with Crippen LogP contribution >= 0.6 is 0 Å². The summed E-state index contributed by atoms with van der Waals surface area (Å²) in [6, 6.07) is 8.52. The maximum atomic E-state index is 13.8. The molecule has 0 spiro atoms. The second-order valence-electron chi connectivity index (χ2n) is 11.0. The summed E-state index contributed by atoms with van der Waals surface area (Å²) >= 11 is 0. The van der Waals surface area contributed by atoms with Crippen molar-refractivity contribution in [3.63, 3.8) is 0 Å². The third-order valence-electron chi connectivity index (χ3n) is 8.34. The van der Waals surface area contributed by atoms with Gasteiger partial charge in [-0.1, -0.05) is 12.1 Å². The molecule has 2 aromatic rings. The van der Waals surface area contributed by atoms with Gasteiger partial charge < -0.3 is 36.4 Å². The SMILES string of the molecule is CC(=O)Nc1cccc(-c2cc(N(C)C)c3c(c2O)C(O)=C2C(=O)[C@]4(O)C(=O)C(C(N)=O)C(O)C[C@@H]4C[C@@H]2C3)c1. The van der Waals surface area contributed by atoms with Gasteiger partial charge in [0.15, 0.2) is 11.4 Å². The van der Waals surface area contributed by atoms with Crippen molar-refractivity contribution in [2.45, 2.75) is 37.9 Å². The highest BCUT2D eigenvalue weighted by Gasteiger charge is 2.64. The third kappa shape index (κ3) is 3.96. The number of nitrogens with zero attached hydrogens (tertiary/aromatic N) is 1. The number of rotatable bonds is 4. The van der Waals surface area contributed by atoms with Crippen LogP contribution in [0.15, 0.2) is 35.9 Å². The zero-order chi connectivity index (χ0) is 29.3. The molecule has 210 valence electrons. The summed E-state index contributed by atoms with van der Waals surface area (Å²) in [5.74, 6) is -7.86. The van der Waals surface area contributed by atoms with E-state index in [1.807, 2.05) is 4.90 Å². The molecule has 0 aliphatic heterocycles. The predicted octanol–water partition coefficient (Wildman–Crippen LogP) is 1.28. The van der Waals surface area contributed by atoms with E-state index >= 15 is 0 Å². The number of aliphatic hydroxyl groups is 3. The number of nitrogens with one attached hydrogen (secondary N) is 1. The molecule has 2 amide bonds. The zero-order valence-corrected chi connectivity index (χ0v) is 22.3. The van der Waals surface area contributed by atoms with Crippen LogP contribution in [0.5, 0.6) is 5.75 Å². The van der Waals surface area contributed by atoms with Crippen LogP contribution in [0.3, 0.4) is 0 Å². The Labute approximate surface area is 229 Å². The predicted molar refractivity (Wildman–Crippen MR) is 145 cm³/mol. The number of nitrogens with two attached hydrogens (primary N) is 1. The monoisotopic (exact) mass is 549 g/mol. The molecule has 7 N–H and O–H groups in total. The lowest BCUT2D eigenvalue weighted by Crippen LogP contribution is -2.66. The third-order valence-corrected chi connectivity index (χ3v) is 8.34. The van der Waals surface area contributed by atoms with Gasteiger partial charge in [-0.25, -0.2) is 0 Å². The number of carbonyl (C=O) groups excluding carboxylic acids is 4. The van der Waals surface area contributed by atoms with Gasteiger partial charge >= 0.3 is 0 Å². The molecule has 2 aromatic carbocycles. The summed E-state index contributed by atoms with van der Waals surface area (Å²) in [4.78, 5) is 52.3. The molecule has 5 rings (SSSR count). The number of aliphatic hydroxyl groups excluding tert-OH is 2. The van der Waals surface area contributed by atoms with Crippen LogP contribution in [0.1, 0.15) is 30.9 Å². The van der Waals surface area contributed by atoms with Gasteiger partial charge in [-0.15, -0.1) is 0 Å². The van der Waals surface area contributed by atoms with Gasteiger partial charge in [0, 0.05) is 49.4 Å². The molecule has 0 saturated heterocycles. The first-order chi connectivity index (χ1) is 18.8. The molecule has 3 aliphatic rings. The summed E-state index contributed by atoms with van der Waals surface area (Å²) < 4.78 is 0. The van der Waals surface area contributed by atoms with E-state index in [2.05, 4.69) is 5.32 Å². The number of phenols is 1. The molecule has 0 heterocycles. The maximum Gasteiger partial charge on any atom is 0.230 e. The summed E-state index contributed by atoms with van der Waals surface area (Å²) in [5, 5.41) is 47.6. The van der Waals surface area contributed by atoms with Crippen LogP contribution in [0.4, 0.5) is 11.4 Å². The van der Waals surface area contributed by atoms with E-state index in [0.717, 1.165) is 0 Å². The van der Waals surface area contributed by atoms with Crippen molar-refractivity contribution in [3.8, 4) is 16.9 Å². The normalized spacial score (nSPS) is 27.4. The fourth-order valence-electron chi connectivity index (χ4n) is 6.56. The maximum absolute atomic E-state index is 13.8. The molecule has 11 heteroatoms. The van der Waals surface area contributed by atoms with Crippen molar-refractivity contribution < 1.29 is 39.6 Å². The minimum absolute atomic E-state index is 0.00234. The zero-order valence-electron chi connectivity index (χ0n) is 22.3. The van der Waals surface area contributed by atoms with Gasteiger partial charge in [-0.05, 0) is 54.5 Å². The summed E-state index contributed by atoms with van der Waals surface area (Å²) in [7, 11) is 3.59.